The number of alkyl carbamates (subject to hydrolysis) is 1. The summed E-state index contributed by atoms with van der Waals surface area (Å²) in [6, 6.07) is -0.218. The van der Waals surface area contributed by atoms with Crippen molar-refractivity contribution in [1.82, 2.24) is 10.6 Å². The van der Waals surface area contributed by atoms with E-state index in [1.807, 2.05) is 20.8 Å². The Morgan fingerprint density at radius 1 is 1.50 bits per heavy atom. The van der Waals surface area contributed by atoms with Crippen LogP contribution in [0.1, 0.15) is 33.6 Å². The van der Waals surface area contributed by atoms with Crippen molar-refractivity contribution in [2.45, 2.75) is 51.4 Å². The van der Waals surface area contributed by atoms with Gasteiger partial charge in [0.25, 0.3) is 0 Å². The van der Waals surface area contributed by atoms with Crippen LogP contribution in [0.15, 0.2) is 0 Å². The molecule has 0 aromatic rings. The molecule has 0 radical (unpaired) electrons. The molecule has 0 unspecified atom stereocenters. The highest BCUT2D eigenvalue weighted by Crippen LogP contribution is 2.10. The van der Waals surface area contributed by atoms with E-state index in [1.165, 1.54) is 0 Å². The summed E-state index contributed by atoms with van der Waals surface area (Å²) in [6.07, 6.45) is 0.707. The Kier molecular flexibility index (Phi) is 4.56. The monoisotopic (exact) mass is 230 g/mol. The van der Waals surface area contributed by atoms with Gasteiger partial charge in [-0.2, -0.15) is 0 Å². The molecule has 1 amide bonds. The SMILES string of the molecule is CC(C)(C)OC(=O)N[C@@H]1CCCNC[C@H]1O. The van der Waals surface area contributed by atoms with E-state index in [1.54, 1.807) is 0 Å². The number of carbonyl (C=O) groups is 1. The molecule has 1 aliphatic rings. The summed E-state index contributed by atoms with van der Waals surface area (Å²) >= 11 is 0. The zero-order valence-corrected chi connectivity index (χ0v) is 10.2. The number of rotatable bonds is 1. The lowest BCUT2D eigenvalue weighted by molar-refractivity contribution is 0.0426. The van der Waals surface area contributed by atoms with E-state index in [0.29, 0.717) is 6.54 Å². The van der Waals surface area contributed by atoms with Crippen LogP contribution in [0.4, 0.5) is 4.79 Å². The molecule has 94 valence electrons. The van der Waals surface area contributed by atoms with E-state index in [0.717, 1.165) is 19.4 Å². The highest BCUT2D eigenvalue weighted by atomic mass is 16.6. The van der Waals surface area contributed by atoms with Crippen molar-refractivity contribution in [3.05, 3.63) is 0 Å². The lowest BCUT2D eigenvalue weighted by atomic mass is 10.1. The van der Waals surface area contributed by atoms with Gasteiger partial charge in [0.2, 0.25) is 0 Å². The molecule has 0 saturated carbocycles. The molecule has 1 saturated heterocycles. The molecule has 0 spiro atoms. The minimum Gasteiger partial charge on any atom is -0.444 e. The normalized spacial score (nSPS) is 27.0. The van der Waals surface area contributed by atoms with Crippen LogP contribution in [0.3, 0.4) is 0 Å². The summed E-state index contributed by atoms with van der Waals surface area (Å²) in [6.45, 7) is 6.84. The predicted molar refractivity (Wildman–Crippen MR) is 61.3 cm³/mol. The molecule has 3 N–H and O–H groups in total. The topological polar surface area (TPSA) is 70.6 Å². The Morgan fingerprint density at radius 3 is 2.81 bits per heavy atom. The van der Waals surface area contributed by atoms with Crippen molar-refractivity contribution in [3.63, 3.8) is 0 Å². The average Bonchev–Trinajstić information content (AvgIpc) is 2.29. The summed E-state index contributed by atoms with van der Waals surface area (Å²) in [7, 11) is 0. The second-order valence-corrected chi connectivity index (χ2v) is 5.17. The summed E-state index contributed by atoms with van der Waals surface area (Å²) in [5.41, 5.74) is -0.502. The summed E-state index contributed by atoms with van der Waals surface area (Å²) < 4.78 is 5.15. The number of aliphatic hydroxyl groups is 1. The summed E-state index contributed by atoms with van der Waals surface area (Å²) in [5, 5.41) is 15.6. The van der Waals surface area contributed by atoms with Crippen LogP contribution in [0.2, 0.25) is 0 Å². The maximum absolute atomic E-state index is 11.5. The third kappa shape index (κ3) is 4.81. The standard InChI is InChI=1S/C11H22N2O3/c1-11(2,3)16-10(15)13-8-5-4-6-12-7-9(8)14/h8-9,12,14H,4-7H2,1-3H3,(H,13,15)/t8-,9-/m1/s1. The van der Waals surface area contributed by atoms with Crippen molar-refractivity contribution >= 4 is 6.09 Å². The molecule has 1 rings (SSSR count). The fourth-order valence-electron chi connectivity index (χ4n) is 1.66. The summed E-state index contributed by atoms with van der Waals surface area (Å²) in [5.74, 6) is 0. The van der Waals surface area contributed by atoms with Gasteiger partial charge in [-0.3, -0.25) is 0 Å². The number of carbonyl (C=O) groups excluding carboxylic acids is 1. The Morgan fingerprint density at radius 2 is 2.19 bits per heavy atom. The fraction of sp³-hybridized carbons (Fsp3) is 0.909. The first-order valence-electron chi connectivity index (χ1n) is 5.77. The average molecular weight is 230 g/mol. The largest absolute Gasteiger partial charge is 0.444 e. The van der Waals surface area contributed by atoms with Crippen LogP contribution < -0.4 is 10.6 Å². The maximum atomic E-state index is 11.5. The molecule has 5 nitrogen and oxygen atoms in total. The third-order valence-electron chi connectivity index (χ3n) is 2.39. The molecule has 2 atom stereocenters. The minimum atomic E-state index is -0.546. The van der Waals surface area contributed by atoms with Gasteiger partial charge < -0.3 is 20.5 Å². The number of β-amino-alcohol motifs (C(OH)–C–C–N with tert-alkyl or cyclic N) is 1. The van der Waals surface area contributed by atoms with Gasteiger partial charge in [0, 0.05) is 6.54 Å². The van der Waals surface area contributed by atoms with E-state index in [9.17, 15) is 9.90 Å². The van der Waals surface area contributed by atoms with Crippen LogP contribution in [0, 0.1) is 0 Å². The highest BCUT2D eigenvalue weighted by Gasteiger charge is 2.25. The van der Waals surface area contributed by atoms with Gasteiger partial charge in [-0.25, -0.2) is 4.79 Å². The van der Waals surface area contributed by atoms with Crippen LogP contribution in [0.25, 0.3) is 0 Å². The first-order chi connectivity index (χ1) is 7.38. The lowest BCUT2D eigenvalue weighted by Gasteiger charge is -2.25. The number of hydrogen-bond donors (Lipinski definition) is 3. The van der Waals surface area contributed by atoms with Crippen molar-refractivity contribution in [2.75, 3.05) is 13.1 Å². The van der Waals surface area contributed by atoms with Crippen molar-refractivity contribution in [2.24, 2.45) is 0 Å². The van der Waals surface area contributed by atoms with Crippen LogP contribution in [0.5, 0.6) is 0 Å². The van der Waals surface area contributed by atoms with Gasteiger partial charge in [-0.05, 0) is 40.2 Å². The molecular formula is C11H22N2O3. The van der Waals surface area contributed by atoms with Crippen LogP contribution >= 0.6 is 0 Å². The molecule has 0 aromatic heterocycles. The fourth-order valence-corrected chi connectivity index (χ4v) is 1.66. The van der Waals surface area contributed by atoms with Crippen LogP contribution in [-0.4, -0.2) is 42.0 Å². The minimum absolute atomic E-state index is 0.218. The predicted octanol–water partition coefficient (Wildman–Crippen LogP) is 0.624. The van der Waals surface area contributed by atoms with Gasteiger partial charge in [-0.1, -0.05) is 0 Å². The zero-order valence-electron chi connectivity index (χ0n) is 10.2. The number of ether oxygens (including phenoxy) is 1. The third-order valence-corrected chi connectivity index (χ3v) is 2.39. The molecule has 1 heterocycles. The Bertz CT molecular complexity index is 238. The number of amides is 1. The van der Waals surface area contributed by atoms with E-state index in [4.69, 9.17) is 4.74 Å². The summed E-state index contributed by atoms with van der Waals surface area (Å²) in [4.78, 5) is 11.5. The molecule has 1 aliphatic heterocycles. The molecular weight excluding hydrogens is 208 g/mol. The zero-order chi connectivity index (χ0) is 12.2. The number of aliphatic hydroxyl groups excluding tert-OH is 1. The quantitative estimate of drug-likeness (QED) is 0.617. The molecule has 0 aliphatic carbocycles. The van der Waals surface area contributed by atoms with E-state index in [2.05, 4.69) is 10.6 Å². The Balaban J connectivity index is 2.42. The van der Waals surface area contributed by atoms with E-state index < -0.39 is 17.8 Å². The number of hydrogen-bond acceptors (Lipinski definition) is 4. The van der Waals surface area contributed by atoms with Crippen molar-refractivity contribution < 1.29 is 14.6 Å². The van der Waals surface area contributed by atoms with Gasteiger partial charge >= 0.3 is 6.09 Å². The smallest absolute Gasteiger partial charge is 0.407 e. The van der Waals surface area contributed by atoms with E-state index >= 15 is 0 Å². The first-order valence-corrected chi connectivity index (χ1v) is 5.77. The van der Waals surface area contributed by atoms with Gasteiger partial charge in [-0.15, -0.1) is 0 Å². The molecule has 0 bridgehead atoms. The van der Waals surface area contributed by atoms with Gasteiger partial charge in [0.15, 0.2) is 0 Å². The van der Waals surface area contributed by atoms with Crippen molar-refractivity contribution in [1.29, 1.82) is 0 Å². The Hall–Kier alpha value is -0.810. The maximum Gasteiger partial charge on any atom is 0.407 e. The lowest BCUT2D eigenvalue weighted by Crippen LogP contribution is -2.47. The number of nitrogens with one attached hydrogen (secondary N) is 2. The highest BCUT2D eigenvalue weighted by molar-refractivity contribution is 5.68. The van der Waals surface area contributed by atoms with Gasteiger partial charge in [0.05, 0.1) is 12.1 Å². The molecule has 5 heteroatoms. The van der Waals surface area contributed by atoms with Crippen LogP contribution in [-0.2, 0) is 4.74 Å². The molecule has 1 fully saturated rings. The second kappa shape index (κ2) is 5.50. The second-order valence-electron chi connectivity index (χ2n) is 5.17. The molecule has 16 heavy (non-hydrogen) atoms. The van der Waals surface area contributed by atoms with Crippen molar-refractivity contribution in [3.8, 4) is 0 Å². The first kappa shape index (κ1) is 13.3. The van der Waals surface area contributed by atoms with Gasteiger partial charge in [0.1, 0.15) is 5.60 Å². The van der Waals surface area contributed by atoms with E-state index in [-0.39, 0.29) is 6.04 Å². The molecule has 0 aromatic carbocycles. The Labute approximate surface area is 96.6 Å².